The van der Waals surface area contributed by atoms with Crippen LogP contribution in [0.3, 0.4) is 0 Å². The molecular weight excluding hydrogens is 524 g/mol. The molecule has 5 rings (SSSR count). The number of hydrogen-bond acceptors (Lipinski definition) is 8. The van der Waals surface area contributed by atoms with Crippen LogP contribution in [0.1, 0.15) is 37.4 Å². The minimum Gasteiger partial charge on any atom is -0.507 e. The number of pyridine rings is 1. The van der Waals surface area contributed by atoms with Gasteiger partial charge in [0.25, 0.3) is 0 Å². The van der Waals surface area contributed by atoms with Crippen molar-refractivity contribution in [1.29, 1.82) is 0 Å². The highest BCUT2D eigenvalue weighted by Gasteiger charge is 2.56. The monoisotopic (exact) mass is 556 g/mol. The number of aliphatic hydroxyl groups is 2. The zero-order chi connectivity index (χ0) is 29.3. The summed E-state index contributed by atoms with van der Waals surface area (Å²) in [7, 11) is 1.10. The number of allylic oxidation sites excluding steroid dienone is 2. The van der Waals surface area contributed by atoms with Crippen molar-refractivity contribution in [3.05, 3.63) is 83.2 Å². The quantitative estimate of drug-likeness (QED) is 0.289. The Morgan fingerprint density at radius 3 is 2.51 bits per heavy atom. The Kier molecular flexibility index (Phi) is 8.01. The molecular formula is C32H32N2O7. The molecule has 0 unspecified atom stereocenters. The molecule has 2 heterocycles. The molecule has 0 saturated carbocycles. The van der Waals surface area contributed by atoms with Crippen LogP contribution in [0.4, 0.5) is 4.79 Å². The number of carbonyl (C=O) groups excluding carboxylic acids is 3. The molecule has 0 radical (unpaired) electrons. The highest BCUT2D eigenvalue weighted by Crippen LogP contribution is 2.46. The molecule has 2 aliphatic rings. The lowest BCUT2D eigenvalue weighted by Crippen LogP contribution is -2.39. The molecule has 2 aromatic carbocycles. The van der Waals surface area contributed by atoms with Crippen LogP contribution in [-0.4, -0.2) is 62.9 Å². The normalized spacial score (nSPS) is 21.8. The van der Waals surface area contributed by atoms with Gasteiger partial charge in [0, 0.05) is 17.5 Å². The predicted molar refractivity (Wildman–Crippen MR) is 152 cm³/mol. The topological polar surface area (TPSA) is 137 Å². The molecule has 1 aliphatic heterocycles. The maximum absolute atomic E-state index is 13.1. The van der Waals surface area contributed by atoms with E-state index < -0.39 is 48.4 Å². The molecule has 1 saturated heterocycles. The molecule has 41 heavy (non-hydrogen) atoms. The van der Waals surface area contributed by atoms with Crippen LogP contribution in [0.15, 0.2) is 71.9 Å². The van der Waals surface area contributed by atoms with E-state index in [9.17, 15) is 29.7 Å². The van der Waals surface area contributed by atoms with Gasteiger partial charge in [0.05, 0.1) is 37.4 Å². The third-order valence-electron chi connectivity index (χ3n) is 8.19. The average molecular weight is 557 g/mol. The summed E-state index contributed by atoms with van der Waals surface area (Å²) in [6.45, 7) is 1.33. The smallest absolute Gasteiger partial charge is 0.423 e. The molecule has 3 amide bonds. The van der Waals surface area contributed by atoms with Crippen molar-refractivity contribution in [3.8, 4) is 5.75 Å². The zero-order valence-corrected chi connectivity index (χ0v) is 22.9. The highest BCUT2D eigenvalue weighted by atomic mass is 16.5. The van der Waals surface area contributed by atoms with Crippen molar-refractivity contribution in [1.82, 2.24) is 9.88 Å². The highest BCUT2D eigenvalue weighted by molar-refractivity contribution is 6.16. The molecule has 1 aliphatic carbocycles. The van der Waals surface area contributed by atoms with Crippen LogP contribution in [0, 0.1) is 17.8 Å². The van der Waals surface area contributed by atoms with Crippen molar-refractivity contribution in [3.63, 3.8) is 0 Å². The van der Waals surface area contributed by atoms with Crippen molar-refractivity contribution in [2.24, 2.45) is 17.8 Å². The predicted octanol–water partition coefficient (Wildman–Crippen LogP) is 4.32. The molecule has 1 aromatic heterocycles. The maximum Gasteiger partial charge on any atom is 0.423 e. The van der Waals surface area contributed by atoms with E-state index >= 15 is 0 Å². The van der Waals surface area contributed by atoms with E-state index in [4.69, 9.17) is 0 Å². The number of phenols is 1. The summed E-state index contributed by atoms with van der Waals surface area (Å²) in [4.78, 5) is 43.2. The minimum atomic E-state index is -1.04. The number of benzene rings is 2. The van der Waals surface area contributed by atoms with E-state index in [0.717, 1.165) is 40.3 Å². The molecule has 0 bridgehead atoms. The van der Waals surface area contributed by atoms with Gasteiger partial charge in [-0.3, -0.25) is 14.6 Å². The summed E-state index contributed by atoms with van der Waals surface area (Å²) in [6, 6.07) is 16.6. The van der Waals surface area contributed by atoms with Gasteiger partial charge in [-0.2, -0.15) is 4.90 Å². The van der Waals surface area contributed by atoms with E-state index in [-0.39, 0.29) is 18.6 Å². The molecule has 9 heteroatoms. The summed E-state index contributed by atoms with van der Waals surface area (Å²) in [5, 5.41) is 33.7. The second kappa shape index (κ2) is 11.6. The average Bonchev–Trinajstić information content (AvgIpc) is 3.24. The van der Waals surface area contributed by atoms with Gasteiger partial charge in [-0.15, -0.1) is 0 Å². The molecule has 3 aromatic rings. The number of imide groups is 3. The Labute approximate surface area is 237 Å². The van der Waals surface area contributed by atoms with E-state index in [1.54, 1.807) is 19.2 Å². The number of amides is 3. The van der Waals surface area contributed by atoms with Crippen molar-refractivity contribution < 1.29 is 34.4 Å². The summed E-state index contributed by atoms with van der Waals surface area (Å²) >= 11 is 0. The lowest BCUT2D eigenvalue weighted by atomic mass is 9.68. The molecule has 212 valence electrons. The number of likely N-dealkylation sites (tertiary alicyclic amines) is 1. The Balaban J connectivity index is 1.45. The van der Waals surface area contributed by atoms with Crippen molar-refractivity contribution in [2.45, 2.75) is 32.3 Å². The fraction of sp³-hybridized carbons (Fsp3) is 0.312. The number of carbonyl (C=O) groups is 3. The Morgan fingerprint density at radius 1 is 1.10 bits per heavy atom. The summed E-state index contributed by atoms with van der Waals surface area (Å²) in [6.07, 6.45) is 2.52. The van der Waals surface area contributed by atoms with E-state index in [2.05, 4.69) is 9.72 Å². The van der Waals surface area contributed by atoms with E-state index in [0.29, 0.717) is 16.9 Å². The van der Waals surface area contributed by atoms with E-state index in [1.165, 1.54) is 0 Å². The van der Waals surface area contributed by atoms with E-state index in [1.807, 2.05) is 54.6 Å². The van der Waals surface area contributed by atoms with Crippen molar-refractivity contribution >= 4 is 40.3 Å². The molecule has 9 nitrogen and oxygen atoms in total. The number of fused-ring (bicyclic) bond motifs is 2. The molecule has 4 atom stereocenters. The van der Waals surface area contributed by atoms with Crippen LogP contribution in [0.25, 0.3) is 22.4 Å². The fourth-order valence-corrected chi connectivity index (χ4v) is 6.28. The number of aromatic hydroxyl groups is 1. The van der Waals surface area contributed by atoms with Crippen LogP contribution >= 0.6 is 0 Å². The third kappa shape index (κ3) is 5.14. The standard InChI is InChI=1S/C32H32N2O7/c1-18-15-23-29(31(39)34(30(23)38)32(40)41-2)24(17-35)28(18)27(37)13-11-20(25-9-5-6-14-33-25)16-19-10-12-26(36)22-8-4-3-7-21(19)22/h3-10,12,14,16,23-24,27,29,35-37H,11,13,15,17H2,1-2H3/b20-16-/t23-,24+,27-,29-/m1/s1. The van der Waals surface area contributed by atoms with Crippen LogP contribution in [0.5, 0.6) is 5.75 Å². The first-order chi connectivity index (χ1) is 19.8. The summed E-state index contributed by atoms with van der Waals surface area (Å²) in [5.41, 5.74) is 3.72. The SMILES string of the molecule is COC(=O)N1C(=O)[C@@H]2[C@@H](CC(C)=C([C@H](O)CC/C(=C/c3ccc(O)c4ccccc34)c3ccccn3)[C@@H]2CO)C1=O. The first kappa shape index (κ1) is 28.2. The van der Waals surface area contributed by atoms with Gasteiger partial charge >= 0.3 is 6.09 Å². The number of rotatable bonds is 7. The first-order valence-electron chi connectivity index (χ1n) is 13.5. The fourth-order valence-electron chi connectivity index (χ4n) is 6.28. The summed E-state index contributed by atoms with van der Waals surface area (Å²) < 4.78 is 4.63. The Bertz CT molecular complexity index is 1560. The molecule has 1 fully saturated rings. The molecule has 3 N–H and O–H groups in total. The second-order valence-corrected chi connectivity index (χ2v) is 10.5. The third-order valence-corrected chi connectivity index (χ3v) is 8.19. The second-order valence-electron chi connectivity index (χ2n) is 10.5. The van der Waals surface area contributed by atoms with Crippen LogP contribution in [-0.2, 0) is 14.3 Å². The van der Waals surface area contributed by atoms with Gasteiger partial charge in [0.1, 0.15) is 5.75 Å². The largest absolute Gasteiger partial charge is 0.507 e. The van der Waals surface area contributed by atoms with Crippen molar-refractivity contribution in [2.75, 3.05) is 13.7 Å². The lowest BCUT2D eigenvalue weighted by molar-refractivity contribution is -0.137. The number of phenolic OH excluding ortho intramolecular Hbond substituents is 1. The number of aromatic nitrogens is 1. The number of nitrogens with zero attached hydrogens (tertiary/aromatic N) is 2. The number of aliphatic hydroxyl groups excluding tert-OH is 2. The first-order valence-corrected chi connectivity index (χ1v) is 13.5. The van der Waals surface area contributed by atoms with Gasteiger partial charge in [0.2, 0.25) is 11.8 Å². The van der Waals surface area contributed by atoms with Gasteiger partial charge in [-0.05, 0) is 72.6 Å². The summed E-state index contributed by atoms with van der Waals surface area (Å²) in [5.74, 6) is -3.71. The lowest BCUT2D eigenvalue weighted by Gasteiger charge is -2.35. The number of methoxy groups -OCH3 is 1. The number of hydrogen-bond donors (Lipinski definition) is 3. The van der Waals surface area contributed by atoms with Gasteiger partial charge < -0.3 is 20.1 Å². The van der Waals surface area contributed by atoms with Crippen LogP contribution < -0.4 is 0 Å². The maximum atomic E-state index is 13.1. The molecule has 0 spiro atoms. The van der Waals surface area contributed by atoms with Gasteiger partial charge in [-0.1, -0.05) is 42.0 Å². The zero-order valence-electron chi connectivity index (χ0n) is 22.9. The Morgan fingerprint density at radius 2 is 1.83 bits per heavy atom. The minimum absolute atomic E-state index is 0.186. The number of ether oxygens (including phenoxy) is 1. The van der Waals surface area contributed by atoms with Gasteiger partial charge in [0.15, 0.2) is 0 Å². The Hall–Kier alpha value is -4.34. The van der Waals surface area contributed by atoms with Crippen LogP contribution in [0.2, 0.25) is 0 Å². The van der Waals surface area contributed by atoms with Gasteiger partial charge in [-0.25, -0.2) is 4.79 Å².